The first-order valence-electron chi connectivity index (χ1n) is 13.0. The Balaban J connectivity index is 2.10. The highest BCUT2D eigenvalue weighted by atomic mass is 35.5. The van der Waals surface area contributed by atoms with Crippen LogP contribution in [0.4, 0.5) is 10.1 Å². The van der Waals surface area contributed by atoms with E-state index in [2.05, 4.69) is 5.32 Å². The maximum Gasteiger partial charge on any atom is 0.244 e. The number of sulfonamides is 1. The smallest absolute Gasteiger partial charge is 0.244 e. The number of carbonyl (C=O) groups is 2. The molecule has 3 rings (SSSR count). The summed E-state index contributed by atoms with van der Waals surface area (Å²) >= 11 is 6.26. The third-order valence-electron chi connectivity index (χ3n) is 6.76. The first-order valence-corrected chi connectivity index (χ1v) is 15.2. The summed E-state index contributed by atoms with van der Waals surface area (Å²) in [4.78, 5) is 29.0. The summed E-state index contributed by atoms with van der Waals surface area (Å²) in [5.41, 5.74) is 1.73. The summed E-state index contributed by atoms with van der Waals surface area (Å²) in [5, 5.41) is 3.29. The lowest BCUT2D eigenvalue weighted by atomic mass is 10.0. The fourth-order valence-electron chi connectivity index (χ4n) is 4.27. The van der Waals surface area contributed by atoms with E-state index in [9.17, 15) is 22.4 Å². The van der Waals surface area contributed by atoms with E-state index in [0.717, 1.165) is 16.1 Å². The van der Waals surface area contributed by atoms with Crippen molar-refractivity contribution in [3.63, 3.8) is 0 Å². The van der Waals surface area contributed by atoms with E-state index in [4.69, 9.17) is 11.6 Å². The molecule has 0 radical (unpaired) electrons. The van der Waals surface area contributed by atoms with Crippen LogP contribution in [0.2, 0.25) is 5.02 Å². The summed E-state index contributed by atoms with van der Waals surface area (Å²) in [6.07, 6.45) is 1.82. The van der Waals surface area contributed by atoms with Gasteiger partial charge < -0.3 is 10.2 Å². The summed E-state index contributed by atoms with van der Waals surface area (Å²) < 4.78 is 41.6. The molecule has 0 aliphatic rings. The van der Waals surface area contributed by atoms with Gasteiger partial charge in [-0.25, -0.2) is 12.8 Å². The van der Waals surface area contributed by atoms with Crippen molar-refractivity contribution in [1.82, 2.24) is 10.2 Å². The lowest BCUT2D eigenvalue weighted by Crippen LogP contribution is -2.54. The number of rotatable bonds is 12. The number of amides is 2. The van der Waals surface area contributed by atoms with Gasteiger partial charge in [-0.2, -0.15) is 0 Å². The SMILES string of the molecule is CC[C@@H](C)NC(=O)[C@H](Cc1ccccc1)N(Cc1ccccc1F)C(=O)CN(c1cccc(Cl)c1C)S(C)(=O)=O. The zero-order valence-corrected chi connectivity index (χ0v) is 24.7. The van der Waals surface area contributed by atoms with Crippen molar-refractivity contribution in [2.24, 2.45) is 0 Å². The van der Waals surface area contributed by atoms with Gasteiger partial charge in [0, 0.05) is 29.6 Å². The molecular formula is C30H35ClFN3O4S. The van der Waals surface area contributed by atoms with Gasteiger partial charge >= 0.3 is 0 Å². The van der Waals surface area contributed by atoms with Gasteiger partial charge in [0.1, 0.15) is 18.4 Å². The molecule has 0 heterocycles. The second-order valence-electron chi connectivity index (χ2n) is 9.79. The van der Waals surface area contributed by atoms with Crippen LogP contribution in [0.5, 0.6) is 0 Å². The summed E-state index contributed by atoms with van der Waals surface area (Å²) in [5.74, 6) is -1.60. The number of benzene rings is 3. The molecule has 0 unspecified atom stereocenters. The summed E-state index contributed by atoms with van der Waals surface area (Å²) in [7, 11) is -3.94. The van der Waals surface area contributed by atoms with Crippen LogP contribution in [0, 0.1) is 12.7 Å². The van der Waals surface area contributed by atoms with Crippen molar-refractivity contribution in [2.75, 3.05) is 17.1 Å². The minimum absolute atomic E-state index is 0.151. The third kappa shape index (κ3) is 8.05. The Kier molecular flexibility index (Phi) is 10.7. The molecule has 3 aromatic carbocycles. The average Bonchev–Trinajstić information content (AvgIpc) is 2.91. The van der Waals surface area contributed by atoms with Crippen LogP contribution >= 0.6 is 11.6 Å². The number of nitrogens with one attached hydrogen (secondary N) is 1. The summed E-state index contributed by atoms with van der Waals surface area (Å²) in [6.45, 7) is 4.61. The Morgan fingerprint density at radius 1 is 1.00 bits per heavy atom. The van der Waals surface area contributed by atoms with Crippen molar-refractivity contribution in [2.45, 2.75) is 52.2 Å². The molecule has 0 aliphatic heterocycles. The van der Waals surface area contributed by atoms with Crippen LogP contribution in [0.3, 0.4) is 0 Å². The molecule has 2 atom stereocenters. The molecule has 0 spiro atoms. The van der Waals surface area contributed by atoms with Crippen LogP contribution in [-0.4, -0.2) is 50.0 Å². The largest absolute Gasteiger partial charge is 0.352 e. The molecule has 214 valence electrons. The Bertz CT molecular complexity index is 1440. The highest BCUT2D eigenvalue weighted by molar-refractivity contribution is 7.92. The van der Waals surface area contributed by atoms with Gasteiger partial charge in [0.15, 0.2) is 0 Å². The second-order valence-corrected chi connectivity index (χ2v) is 12.1. The quantitative estimate of drug-likeness (QED) is 0.319. The number of halogens is 2. The minimum atomic E-state index is -3.94. The molecule has 0 fully saturated rings. The zero-order chi connectivity index (χ0) is 29.4. The van der Waals surface area contributed by atoms with Gasteiger partial charge in [0.05, 0.1) is 11.9 Å². The number of anilines is 1. The molecule has 0 aromatic heterocycles. The molecule has 0 aliphatic carbocycles. The maximum absolute atomic E-state index is 14.8. The van der Waals surface area contributed by atoms with Crippen molar-refractivity contribution < 1.29 is 22.4 Å². The predicted octanol–water partition coefficient (Wildman–Crippen LogP) is 5.11. The van der Waals surface area contributed by atoms with Crippen molar-refractivity contribution in [3.05, 3.63) is 100 Å². The first-order chi connectivity index (χ1) is 18.9. The minimum Gasteiger partial charge on any atom is -0.352 e. The fraction of sp³-hybridized carbons (Fsp3) is 0.333. The van der Waals surface area contributed by atoms with Crippen molar-refractivity contribution in [3.8, 4) is 0 Å². The standard InChI is InChI=1S/C30H35ClFN3O4S/c1-5-21(2)33-30(37)28(18-23-12-7-6-8-13-23)34(19-24-14-9-10-16-26(24)32)29(36)20-35(40(4,38)39)27-17-11-15-25(31)22(27)3/h6-17,21,28H,5,18-20H2,1-4H3,(H,33,37)/t21-,28+/m1/s1. The molecule has 10 heteroatoms. The Morgan fingerprint density at radius 2 is 1.65 bits per heavy atom. The van der Waals surface area contributed by atoms with E-state index in [0.29, 0.717) is 17.0 Å². The van der Waals surface area contributed by atoms with Crippen LogP contribution in [0.1, 0.15) is 37.0 Å². The van der Waals surface area contributed by atoms with E-state index in [1.54, 1.807) is 31.2 Å². The van der Waals surface area contributed by atoms with Gasteiger partial charge in [-0.15, -0.1) is 0 Å². The lowest BCUT2D eigenvalue weighted by molar-refractivity contribution is -0.140. The average molecular weight is 588 g/mol. The van der Waals surface area contributed by atoms with E-state index < -0.39 is 40.2 Å². The lowest BCUT2D eigenvalue weighted by Gasteiger charge is -2.34. The Morgan fingerprint density at radius 3 is 2.27 bits per heavy atom. The monoisotopic (exact) mass is 587 g/mol. The van der Waals surface area contributed by atoms with Gasteiger partial charge in [-0.3, -0.25) is 13.9 Å². The molecule has 0 saturated heterocycles. The zero-order valence-electron chi connectivity index (χ0n) is 23.1. The van der Waals surface area contributed by atoms with E-state index in [-0.39, 0.29) is 30.3 Å². The Hall–Kier alpha value is -3.43. The summed E-state index contributed by atoms with van der Waals surface area (Å²) in [6, 6.07) is 18.8. The number of hydrogen-bond donors (Lipinski definition) is 1. The molecule has 40 heavy (non-hydrogen) atoms. The number of nitrogens with zero attached hydrogens (tertiary/aromatic N) is 2. The predicted molar refractivity (Wildman–Crippen MR) is 157 cm³/mol. The highest BCUT2D eigenvalue weighted by Crippen LogP contribution is 2.29. The van der Waals surface area contributed by atoms with Crippen LogP contribution in [-0.2, 0) is 32.6 Å². The van der Waals surface area contributed by atoms with Crippen LogP contribution < -0.4 is 9.62 Å². The van der Waals surface area contributed by atoms with E-state index in [1.165, 1.54) is 23.1 Å². The maximum atomic E-state index is 14.8. The molecule has 3 aromatic rings. The van der Waals surface area contributed by atoms with Crippen molar-refractivity contribution in [1.29, 1.82) is 0 Å². The van der Waals surface area contributed by atoms with Gasteiger partial charge in [-0.05, 0) is 49.6 Å². The third-order valence-corrected chi connectivity index (χ3v) is 8.29. The second kappa shape index (κ2) is 13.8. The Labute approximate surface area is 241 Å². The molecule has 0 bridgehead atoms. The van der Waals surface area contributed by atoms with Gasteiger partial charge in [0.2, 0.25) is 21.8 Å². The highest BCUT2D eigenvalue weighted by Gasteiger charge is 2.34. The first kappa shape index (κ1) is 31.1. The normalized spacial score (nSPS) is 12.8. The van der Waals surface area contributed by atoms with Crippen LogP contribution in [0.15, 0.2) is 72.8 Å². The topological polar surface area (TPSA) is 86.8 Å². The molecule has 0 saturated carbocycles. The molecule has 7 nitrogen and oxygen atoms in total. The van der Waals surface area contributed by atoms with E-state index in [1.807, 2.05) is 44.2 Å². The van der Waals surface area contributed by atoms with Gasteiger partial charge in [0.25, 0.3) is 0 Å². The van der Waals surface area contributed by atoms with Gasteiger partial charge in [-0.1, -0.05) is 73.1 Å². The molecule has 1 N–H and O–H groups in total. The van der Waals surface area contributed by atoms with Crippen molar-refractivity contribution >= 4 is 39.1 Å². The van der Waals surface area contributed by atoms with E-state index >= 15 is 0 Å². The fourth-order valence-corrected chi connectivity index (χ4v) is 5.34. The number of hydrogen-bond acceptors (Lipinski definition) is 4. The van der Waals surface area contributed by atoms with Crippen LogP contribution in [0.25, 0.3) is 0 Å². The molecular weight excluding hydrogens is 553 g/mol. The number of carbonyl (C=O) groups excluding carboxylic acids is 2. The molecule has 2 amide bonds.